The van der Waals surface area contributed by atoms with E-state index in [1.54, 1.807) is 0 Å². The van der Waals surface area contributed by atoms with Crippen molar-refractivity contribution in [3.8, 4) is 0 Å². The highest BCUT2D eigenvalue weighted by molar-refractivity contribution is 6.99. The molecule has 0 aliphatic carbocycles. The van der Waals surface area contributed by atoms with Crippen LogP contribution in [0, 0.1) is 0 Å². The second-order valence-electron chi connectivity index (χ2n) is 3.38. The number of rotatable bonds is 4. The van der Waals surface area contributed by atoms with Crippen molar-refractivity contribution >= 4 is 29.1 Å². The van der Waals surface area contributed by atoms with Crippen molar-refractivity contribution in [2.45, 2.75) is 19.9 Å². The Bertz CT molecular complexity index is 470. The first-order valence-electron chi connectivity index (χ1n) is 5.10. The number of aromatic nitrogens is 2. The monoisotopic (exact) mass is 253 g/mol. The van der Waals surface area contributed by atoms with E-state index in [-0.39, 0.29) is 0 Å². The van der Waals surface area contributed by atoms with Crippen LogP contribution in [0.25, 0.3) is 0 Å². The van der Waals surface area contributed by atoms with E-state index in [2.05, 4.69) is 39.2 Å². The van der Waals surface area contributed by atoms with E-state index in [4.69, 9.17) is 11.6 Å². The maximum Gasteiger partial charge on any atom is 0.186 e. The van der Waals surface area contributed by atoms with Crippen LogP contribution in [0.5, 0.6) is 0 Å². The predicted octanol–water partition coefficient (Wildman–Crippen LogP) is 3.37. The molecule has 16 heavy (non-hydrogen) atoms. The van der Waals surface area contributed by atoms with Gasteiger partial charge in [-0.3, -0.25) is 0 Å². The molecule has 0 unspecified atom stereocenters. The third-order valence-corrected chi connectivity index (χ3v) is 3.29. The molecule has 2 rings (SSSR count). The van der Waals surface area contributed by atoms with E-state index in [0.717, 1.165) is 24.7 Å². The van der Waals surface area contributed by atoms with E-state index in [1.807, 2.05) is 6.07 Å². The second-order valence-corrected chi connectivity index (χ2v) is 4.27. The fourth-order valence-electron chi connectivity index (χ4n) is 1.54. The Kier molecular flexibility index (Phi) is 3.74. The first-order valence-corrected chi connectivity index (χ1v) is 6.20. The maximum absolute atomic E-state index is 5.85. The molecule has 0 fully saturated rings. The van der Waals surface area contributed by atoms with Gasteiger partial charge in [0.25, 0.3) is 0 Å². The van der Waals surface area contributed by atoms with Gasteiger partial charge in [-0.05, 0) is 17.5 Å². The highest BCUT2D eigenvalue weighted by Crippen LogP contribution is 2.19. The van der Waals surface area contributed by atoms with Gasteiger partial charge in [0, 0.05) is 6.54 Å². The molecule has 84 valence electrons. The van der Waals surface area contributed by atoms with E-state index < -0.39 is 0 Å². The van der Waals surface area contributed by atoms with Gasteiger partial charge in [-0.15, -0.1) is 0 Å². The fourth-order valence-corrected chi connectivity index (χ4v) is 2.22. The van der Waals surface area contributed by atoms with Crippen LogP contribution in [-0.4, -0.2) is 8.75 Å². The average Bonchev–Trinajstić information content (AvgIpc) is 2.72. The molecular weight excluding hydrogens is 242 g/mol. The number of halogens is 1. The van der Waals surface area contributed by atoms with Crippen molar-refractivity contribution in [2.75, 3.05) is 5.32 Å². The maximum atomic E-state index is 5.85. The number of nitrogens with one attached hydrogen (secondary N) is 1. The molecule has 0 bridgehead atoms. The highest BCUT2D eigenvalue weighted by Gasteiger charge is 2.05. The number of hydrogen-bond acceptors (Lipinski definition) is 4. The zero-order valence-electron chi connectivity index (χ0n) is 8.90. The fraction of sp³-hybridized carbons (Fsp3) is 0.273. The molecule has 1 heterocycles. The zero-order chi connectivity index (χ0) is 11.4. The molecule has 0 amide bonds. The number of benzene rings is 1. The van der Waals surface area contributed by atoms with Crippen molar-refractivity contribution in [2.24, 2.45) is 0 Å². The quantitative estimate of drug-likeness (QED) is 0.908. The van der Waals surface area contributed by atoms with Gasteiger partial charge in [-0.2, -0.15) is 8.75 Å². The Labute approximate surface area is 104 Å². The van der Waals surface area contributed by atoms with Gasteiger partial charge in [0.1, 0.15) is 0 Å². The third kappa shape index (κ3) is 2.51. The van der Waals surface area contributed by atoms with Gasteiger partial charge in [0.15, 0.2) is 11.0 Å². The lowest BCUT2D eigenvalue weighted by atomic mass is 10.1. The van der Waals surface area contributed by atoms with Crippen LogP contribution < -0.4 is 5.32 Å². The van der Waals surface area contributed by atoms with Crippen LogP contribution in [0.2, 0.25) is 5.15 Å². The van der Waals surface area contributed by atoms with E-state index in [9.17, 15) is 0 Å². The summed E-state index contributed by atoms with van der Waals surface area (Å²) >= 11 is 6.97. The lowest BCUT2D eigenvalue weighted by Gasteiger charge is -2.08. The first-order chi connectivity index (χ1) is 7.81. The normalized spacial score (nSPS) is 10.4. The SMILES string of the molecule is CCc1ccccc1CNc1nsnc1Cl. The third-order valence-electron chi connectivity index (χ3n) is 2.39. The van der Waals surface area contributed by atoms with Gasteiger partial charge in [0.05, 0.1) is 11.7 Å². The number of aryl methyl sites for hydroxylation is 1. The summed E-state index contributed by atoms with van der Waals surface area (Å²) in [5, 5.41) is 3.63. The lowest BCUT2D eigenvalue weighted by molar-refractivity contribution is 1.04. The van der Waals surface area contributed by atoms with Gasteiger partial charge in [0.2, 0.25) is 0 Å². The van der Waals surface area contributed by atoms with Crippen LogP contribution in [0.4, 0.5) is 5.82 Å². The minimum Gasteiger partial charge on any atom is -0.363 e. The van der Waals surface area contributed by atoms with E-state index in [1.165, 1.54) is 11.1 Å². The molecule has 3 nitrogen and oxygen atoms in total. The topological polar surface area (TPSA) is 37.8 Å². The second kappa shape index (κ2) is 5.27. The van der Waals surface area contributed by atoms with Crippen LogP contribution >= 0.6 is 23.3 Å². The molecule has 0 aliphatic rings. The molecule has 0 spiro atoms. The van der Waals surface area contributed by atoms with Crippen LogP contribution in [0.3, 0.4) is 0 Å². The van der Waals surface area contributed by atoms with Crippen molar-refractivity contribution < 1.29 is 0 Å². The Hall–Kier alpha value is -1.13. The van der Waals surface area contributed by atoms with Crippen molar-refractivity contribution in [3.05, 3.63) is 40.5 Å². The highest BCUT2D eigenvalue weighted by atomic mass is 35.5. The largest absolute Gasteiger partial charge is 0.363 e. The van der Waals surface area contributed by atoms with Crippen LogP contribution in [0.1, 0.15) is 18.1 Å². The standard InChI is InChI=1S/C11H12ClN3S/c1-2-8-5-3-4-6-9(8)7-13-11-10(12)14-16-15-11/h3-6H,2,7H2,1H3,(H,13,15). The molecule has 1 aromatic heterocycles. The molecule has 5 heteroatoms. The predicted molar refractivity (Wildman–Crippen MR) is 68.1 cm³/mol. The summed E-state index contributed by atoms with van der Waals surface area (Å²) in [4.78, 5) is 0. The Morgan fingerprint density at radius 3 is 2.62 bits per heavy atom. The summed E-state index contributed by atoms with van der Waals surface area (Å²) in [7, 11) is 0. The molecule has 0 saturated heterocycles. The number of nitrogens with zero attached hydrogens (tertiary/aromatic N) is 2. The van der Waals surface area contributed by atoms with Crippen molar-refractivity contribution in [3.63, 3.8) is 0 Å². The molecule has 1 aromatic carbocycles. The Balaban J connectivity index is 2.07. The number of hydrogen-bond donors (Lipinski definition) is 1. The summed E-state index contributed by atoms with van der Waals surface area (Å²) in [6, 6.07) is 8.34. The summed E-state index contributed by atoms with van der Waals surface area (Å²) in [6.07, 6.45) is 1.03. The van der Waals surface area contributed by atoms with Crippen LogP contribution in [-0.2, 0) is 13.0 Å². The summed E-state index contributed by atoms with van der Waals surface area (Å²) in [5.41, 5.74) is 2.61. The first kappa shape index (κ1) is 11.4. The molecular formula is C11H12ClN3S. The molecule has 0 aliphatic heterocycles. The summed E-state index contributed by atoms with van der Waals surface area (Å²) in [5.74, 6) is 0.664. The molecule has 0 radical (unpaired) electrons. The summed E-state index contributed by atoms with van der Waals surface area (Å²) < 4.78 is 7.98. The average molecular weight is 254 g/mol. The number of anilines is 1. The molecule has 2 aromatic rings. The van der Waals surface area contributed by atoms with Crippen molar-refractivity contribution in [1.82, 2.24) is 8.75 Å². The lowest BCUT2D eigenvalue weighted by Crippen LogP contribution is -2.02. The minimum absolute atomic E-state index is 0.443. The van der Waals surface area contributed by atoms with Gasteiger partial charge < -0.3 is 5.32 Å². The smallest absolute Gasteiger partial charge is 0.186 e. The van der Waals surface area contributed by atoms with E-state index in [0.29, 0.717) is 11.0 Å². The minimum atomic E-state index is 0.443. The van der Waals surface area contributed by atoms with Crippen molar-refractivity contribution in [1.29, 1.82) is 0 Å². The van der Waals surface area contributed by atoms with Gasteiger partial charge in [-0.25, -0.2) is 0 Å². The van der Waals surface area contributed by atoms with Crippen LogP contribution in [0.15, 0.2) is 24.3 Å². The molecule has 1 N–H and O–H groups in total. The molecule has 0 atom stereocenters. The Morgan fingerprint density at radius 1 is 1.25 bits per heavy atom. The Morgan fingerprint density at radius 2 is 2.00 bits per heavy atom. The van der Waals surface area contributed by atoms with E-state index >= 15 is 0 Å². The molecule has 0 saturated carbocycles. The van der Waals surface area contributed by atoms with Gasteiger partial charge >= 0.3 is 0 Å². The summed E-state index contributed by atoms with van der Waals surface area (Å²) in [6.45, 7) is 2.88. The van der Waals surface area contributed by atoms with Gasteiger partial charge in [-0.1, -0.05) is 42.8 Å². The zero-order valence-corrected chi connectivity index (χ0v) is 10.5.